The second kappa shape index (κ2) is 7.37. The van der Waals surface area contributed by atoms with E-state index in [4.69, 9.17) is 4.74 Å². The van der Waals surface area contributed by atoms with E-state index >= 15 is 0 Å². The lowest BCUT2D eigenvalue weighted by molar-refractivity contribution is 0.0937. The van der Waals surface area contributed by atoms with E-state index in [9.17, 15) is 4.79 Å². The van der Waals surface area contributed by atoms with Gasteiger partial charge in [0.25, 0.3) is 0 Å². The molecule has 0 saturated carbocycles. The highest BCUT2D eigenvalue weighted by Gasteiger charge is 2.19. The third-order valence-corrected chi connectivity index (χ3v) is 5.86. The Morgan fingerprint density at radius 3 is 2.71 bits per heavy atom. The topological polar surface area (TPSA) is 26.3 Å². The second-order valence-electron chi connectivity index (χ2n) is 7.30. The van der Waals surface area contributed by atoms with Crippen LogP contribution in [0.15, 0.2) is 18.2 Å². The Labute approximate surface area is 129 Å². The summed E-state index contributed by atoms with van der Waals surface area (Å²) < 4.78 is 5.74. The zero-order chi connectivity index (χ0) is 15.3. The van der Waals surface area contributed by atoms with Gasteiger partial charge >= 0.3 is 0 Å². The maximum atomic E-state index is 12.6. The van der Waals surface area contributed by atoms with Crippen molar-refractivity contribution in [3.63, 3.8) is 0 Å². The fourth-order valence-corrected chi connectivity index (χ4v) is 3.84. The molecule has 0 unspecified atom stereocenters. The van der Waals surface area contributed by atoms with Gasteiger partial charge in [-0.15, -0.1) is 0 Å². The lowest BCUT2D eigenvalue weighted by atomic mass is 9.93. The number of fused-ring (bicyclic) bond motifs is 1. The van der Waals surface area contributed by atoms with Crippen molar-refractivity contribution in [3.05, 3.63) is 34.9 Å². The van der Waals surface area contributed by atoms with Crippen LogP contribution in [-0.4, -0.2) is 20.5 Å². The van der Waals surface area contributed by atoms with Crippen molar-refractivity contribution < 1.29 is 9.53 Å². The Morgan fingerprint density at radius 2 is 1.95 bits per heavy atom. The number of hydrogen-bond acceptors (Lipinski definition) is 2. The number of aryl methyl sites for hydroxylation is 1. The molecular weight excluding hydrogens is 276 g/mol. The standard InChI is InChI=1S/C18H28O2Si/c1-21(2,3)13-11-15-8-7-9-16-14-20-12-6-4-5-10-17(19)18(15)16/h7-9H,4-6,10-14H2,1-3H3. The molecule has 0 atom stereocenters. The summed E-state index contributed by atoms with van der Waals surface area (Å²) in [6.07, 6.45) is 4.88. The zero-order valence-corrected chi connectivity index (χ0v) is 14.7. The molecule has 0 radical (unpaired) electrons. The zero-order valence-electron chi connectivity index (χ0n) is 13.7. The summed E-state index contributed by atoms with van der Waals surface area (Å²) in [6.45, 7) is 8.56. The van der Waals surface area contributed by atoms with Crippen molar-refractivity contribution in [1.82, 2.24) is 0 Å². The molecule has 1 heterocycles. The predicted molar refractivity (Wildman–Crippen MR) is 90.8 cm³/mol. The molecule has 0 bridgehead atoms. The van der Waals surface area contributed by atoms with E-state index in [2.05, 4.69) is 37.8 Å². The SMILES string of the molecule is C[Si](C)(C)CCc1cccc2c1C(=O)CCCCCOC2. The number of carbonyl (C=O) groups is 1. The van der Waals surface area contributed by atoms with E-state index in [1.54, 1.807) is 0 Å². The number of carbonyl (C=O) groups excluding carboxylic acids is 1. The minimum atomic E-state index is -1.09. The molecule has 2 rings (SSSR count). The molecule has 3 heteroatoms. The van der Waals surface area contributed by atoms with Crippen LogP contribution in [0.1, 0.15) is 47.2 Å². The molecule has 0 amide bonds. The number of ether oxygens (including phenoxy) is 1. The van der Waals surface area contributed by atoms with Gasteiger partial charge in [0, 0.05) is 26.7 Å². The van der Waals surface area contributed by atoms with E-state index < -0.39 is 8.07 Å². The van der Waals surface area contributed by atoms with Crippen LogP contribution < -0.4 is 0 Å². The van der Waals surface area contributed by atoms with Gasteiger partial charge in [-0.3, -0.25) is 4.79 Å². The smallest absolute Gasteiger partial charge is 0.163 e. The van der Waals surface area contributed by atoms with Crippen LogP contribution in [0, 0.1) is 0 Å². The molecule has 21 heavy (non-hydrogen) atoms. The Morgan fingerprint density at radius 1 is 1.14 bits per heavy atom. The van der Waals surface area contributed by atoms with Crippen molar-refractivity contribution in [2.24, 2.45) is 0 Å². The van der Waals surface area contributed by atoms with E-state index in [1.165, 1.54) is 11.6 Å². The first kappa shape index (κ1) is 16.4. The van der Waals surface area contributed by atoms with Gasteiger partial charge in [0.2, 0.25) is 0 Å². The van der Waals surface area contributed by atoms with Crippen molar-refractivity contribution >= 4 is 13.9 Å². The third kappa shape index (κ3) is 5.08. The first-order valence-corrected chi connectivity index (χ1v) is 11.9. The Hall–Kier alpha value is -0.933. The molecule has 0 spiro atoms. The van der Waals surface area contributed by atoms with Gasteiger partial charge in [-0.2, -0.15) is 0 Å². The number of rotatable bonds is 3. The largest absolute Gasteiger partial charge is 0.377 e. The Kier molecular flexibility index (Phi) is 5.77. The Bertz CT molecular complexity index is 488. The fraction of sp³-hybridized carbons (Fsp3) is 0.611. The van der Waals surface area contributed by atoms with Gasteiger partial charge in [-0.25, -0.2) is 0 Å². The van der Waals surface area contributed by atoms with Crippen LogP contribution in [0.25, 0.3) is 0 Å². The number of ketones is 1. The van der Waals surface area contributed by atoms with Gasteiger partial charge in [0.1, 0.15) is 0 Å². The highest BCUT2D eigenvalue weighted by Crippen LogP contribution is 2.24. The first-order chi connectivity index (χ1) is 9.97. The van der Waals surface area contributed by atoms with Gasteiger partial charge < -0.3 is 4.74 Å². The second-order valence-corrected chi connectivity index (χ2v) is 12.9. The van der Waals surface area contributed by atoms with Gasteiger partial charge in [-0.1, -0.05) is 50.3 Å². The van der Waals surface area contributed by atoms with Gasteiger partial charge in [0.05, 0.1) is 6.61 Å². The summed E-state index contributed by atoms with van der Waals surface area (Å²) in [5.74, 6) is 0.321. The quantitative estimate of drug-likeness (QED) is 0.747. The van der Waals surface area contributed by atoms with Crippen molar-refractivity contribution in [2.45, 2.75) is 64.4 Å². The van der Waals surface area contributed by atoms with Crippen LogP contribution in [0.2, 0.25) is 25.7 Å². The number of hydrogen-bond donors (Lipinski definition) is 0. The summed E-state index contributed by atoms with van der Waals surface area (Å²) in [7, 11) is -1.09. The maximum Gasteiger partial charge on any atom is 0.163 e. The van der Waals surface area contributed by atoms with Crippen molar-refractivity contribution in [1.29, 1.82) is 0 Å². The molecule has 0 saturated heterocycles. The first-order valence-electron chi connectivity index (χ1n) is 8.19. The molecule has 0 N–H and O–H groups in total. The highest BCUT2D eigenvalue weighted by atomic mass is 28.3. The molecule has 1 aliphatic rings. The molecule has 0 aliphatic carbocycles. The molecule has 1 aromatic carbocycles. The van der Waals surface area contributed by atoms with E-state index in [0.717, 1.165) is 43.4 Å². The minimum Gasteiger partial charge on any atom is -0.377 e. The van der Waals surface area contributed by atoms with Crippen molar-refractivity contribution in [2.75, 3.05) is 6.61 Å². The number of Topliss-reactive ketones (excluding diaryl/α,β-unsaturated/α-hetero) is 1. The summed E-state index contributed by atoms with van der Waals surface area (Å²) in [5, 5.41) is 0. The van der Waals surface area contributed by atoms with Crippen LogP contribution >= 0.6 is 0 Å². The lowest BCUT2D eigenvalue weighted by Gasteiger charge is -2.19. The van der Waals surface area contributed by atoms with Crippen LogP contribution in [0.5, 0.6) is 0 Å². The molecule has 0 aromatic heterocycles. The summed E-state index contributed by atoms with van der Waals surface area (Å²) in [4.78, 5) is 12.6. The summed E-state index contributed by atoms with van der Waals surface area (Å²) >= 11 is 0. The number of benzene rings is 1. The third-order valence-electron chi connectivity index (χ3n) is 4.11. The lowest BCUT2D eigenvalue weighted by Crippen LogP contribution is -2.21. The highest BCUT2D eigenvalue weighted by molar-refractivity contribution is 6.76. The average Bonchev–Trinajstić information content (AvgIpc) is 2.43. The molecule has 1 aromatic rings. The molecular formula is C18H28O2Si. The van der Waals surface area contributed by atoms with E-state index in [1.807, 2.05) is 0 Å². The summed E-state index contributed by atoms with van der Waals surface area (Å²) in [5.41, 5.74) is 3.30. The van der Waals surface area contributed by atoms with E-state index in [-0.39, 0.29) is 0 Å². The van der Waals surface area contributed by atoms with Gasteiger partial charge in [-0.05, 0) is 30.4 Å². The van der Waals surface area contributed by atoms with Crippen LogP contribution in [0.3, 0.4) is 0 Å². The average molecular weight is 305 g/mol. The van der Waals surface area contributed by atoms with Crippen LogP contribution in [0.4, 0.5) is 0 Å². The molecule has 1 aliphatic heterocycles. The van der Waals surface area contributed by atoms with Crippen LogP contribution in [-0.2, 0) is 17.8 Å². The monoisotopic (exact) mass is 304 g/mol. The predicted octanol–water partition coefficient (Wildman–Crippen LogP) is 4.84. The maximum absolute atomic E-state index is 12.6. The van der Waals surface area contributed by atoms with Crippen molar-refractivity contribution in [3.8, 4) is 0 Å². The summed E-state index contributed by atoms with van der Waals surface area (Å²) in [6, 6.07) is 7.52. The van der Waals surface area contributed by atoms with E-state index in [0.29, 0.717) is 18.8 Å². The fourth-order valence-electron chi connectivity index (χ4n) is 2.82. The molecule has 0 fully saturated rings. The normalized spacial score (nSPS) is 17.4. The molecule has 116 valence electrons. The minimum absolute atomic E-state index is 0.321. The van der Waals surface area contributed by atoms with Gasteiger partial charge in [0.15, 0.2) is 5.78 Å². The Balaban J connectivity index is 2.27. The molecule has 2 nitrogen and oxygen atoms in total.